The number of anilines is 1. The standard InChI is InChI=1S/C28H26ClF2N5O4S/c29-21-6-5-17(27(37)34-20-12-22(30)25(31)23(13-20)36-10-2-8-33-36)11-24(21)41(39,40)26-18-3-4-19(26)15-28(38,14-18)16-35-9-1-7-32-35/h1-2,5-13,18-19,26,38H,3-4,14-16H2,(H,34,37)/t18-,19?,26?,28+/m0/s1. The van der Waals surface area contributed by atoms with Crippen molar-refractivity contribution in [2.75, 3.05) is 5.32 Å². The summed E-state index contributed by atoms with van der Waals surface area (Å²) in [5.74, 6) is -3.61. The minimum absolute atomic E-state index is 0.0170. The Morgan fingerprint density at radius 3 is 2.44 bits per heavy atom. The number of aromatic nitrogens is 4. The summed E-state index contributed by atoms with van der Waals surface area (Å²) in [6, 6.07) is 9.27. The van der Waals surface area contributed by atoms with Crippen LogP contribution in [-0.4, -0.2) is 49.8 Å². The number of benzene rings is 2. The van der Waals surface area contributed by atoms with E-state index in [1.807, 2.05) is 0 Å². The SMILES string of the molecule is O=C(Nc1cc(F)c(F)c(-n2cccn2)c1)c1ccc(Cl)c(S(=O)(=O)C2C3CC[C@H]2C[C@](O)(Cn2cccn2)C3)c1. The lowest BCUT2D eigenvalue weighted by atomic mass is 9.77. The van der Waals surface area contributed by atoms with Crippen LogP contribution in [0.3, 0.4) is 0 Å². The maximum atomic E-state index is 14.4. The van der Waals surface area contributed by atoms with Gasteiger partial charge in [0.2, 0.25) is 0 Å². The third-order valence-corrected chi connectivity index (χ3v) is 10.9. The second-order valence-electron chi connectivity index (χ2n) is 10.8. The number of carbonyl (C=O) groups excluding carboxylic acids is 1. The number of hydrogen-bond acceptors (Lipinski definition) is 6. The molecule has 2 unspecified atom stereocenters. The molecule has 9 nitrogen and oxygen atoms in total. The number of hydrogen-bond donors (Lipinski definition) is 2. The van der Waals surface area contributed by atoms with Gasteiger partial charge >= 0.3 is 0 Å². The van der Waals surface area contributed by atoms with Gasteiger partial charge in [-0.15, -0.1) is 0 Å². The minimum Gasteiger partial charge on any atom is -0.388 e. The van der Waals surface area contributed by atoms with E-state index in [2.05, 4.69) is 15.5 Å². The van der Waals surface area contributed by atoms with Gasteiger partial charge in [-0.25, -0.2) is 21.9 Å². The molecule has 41 heavy (non-hydrogen) atoms. The van der Waals surface area contributed by atoms with E-state index in [9.17, 15) is 27.1 Å². The van der Waals surface area contributed by atoms with E-state index >= 15 is 0 Å². The number of amides is 1. The Morgan fingerprint density at radius 2 is 1.78 bits per heavy atom. The molecule has 0 spiro atoms. The maximum Gasteiger partial charge on any atom is 0.255 e. The van der Waals surface area contributed by atoms with Crippen molar-refractivity contribution >= 4 is 33.0 Å². The molecule has 2 aliphatic rings. The third-order valence-electron chi connectivity index (χ3n) is 8.01. The van der Waals surface area contributed by atoms with Crippen molar-refractivity contribution < 1.29 is 27.1 Å². The number of carbonyl (C=O) groups is 1. The van der Waals surface area contributed by atoms with Crippen LogP contribution in [0.15, 0.2) is 72.1 Å². The number of aliphatic hydroxyl groups is 1. The molecule has 0 saturated heterocycles. The molecule has 2 aromatic carbocycles. The highest BCUT2D eigenvalue weighted by Gasteiger charge is 2.54. The predicted octanol–water partition coefficient (Wildman–Crippen LogP) is 4.65. The van der Waals surface area contributed by atoms with Crippen molar-refractivity contribution in [1.29, 1.82) is 0 Å². The monoisotopic (exact) mass is 601 g/mol. The van der Waals surface area contributed by atoms with Gasteiger partial charge in [0, 0.05) is 42.1 Å². The molecular weight excluding hydrogens is 576 g/mol. The van der Waals surface area contributed by atoms with E-state index in [1.165, 1.54) is 42.7 Å². The van der Waals surface area contributed by atoms with Crippen molar-refractivity contribution in [2.45, 2.75) is 48.0 Å². The van der Waals surface area contributed by atoms with E-state index in [4.69, 9.17) is 11.6 Å². The molecule has 1 amide bonds. The molecule has 2 fully saturated rings. The number of nitrogens with one attached hydrogen (secondary N) is 1. The van der Waals surface area contributed by atoms with E-state index < -0.39 is 38.2 Å². The highest BCUT2D eigenvalue weighted by Crippen LogP contribution is 2.51. The van der Waals surface area contributed by atoms with Crippen molar-refractivity contribution in [3.8, 4) is 5.69 Å². The molecule has 2 N–H and O–H groups in total. The van der Waals surface area contributed by atoms with E-state index in [1.54, 1.807) is 23.1 Å². The lowest BCUT2D eigenvalue weighted by Crippen LogP contribution is -2.48. The highest BCUT2D eigenvalue weighted by atomic mass is 35.5. The Morgan fingerprint density at radius 1 is 1.07 bits per heavy atom. The lowest BCUT2D eigenvalue weighted by molar-refractivity contribution is -0.0354. The fourth-order valence-electron chi connectivity index (χ4n) is 6.41. The fraction of sp³-hybridized carbons (Fsp3) is 0.321. The van der Waals surface area contributed by atoms with Crippen LogP contribution in [0.4, 0.5) is 14.5 Å². The number of sulfone groups is 1. The average Bonchev–Trinajstić information content (AvgIpc) is 3.68. The molecule has 4 aromatic rings. The van der Waals surface area contributed by atoms with Crippen LogP contribution in [0.2, 0.25) is 5.02 Å². The topological polar surface area (TPSA) is 119 Å². The zero-order valence-electron chi connectivity index (χ0n) is 21.6. The molecule has 2 aromatic heterocycles. The molecule has 2 saturated carbocycles. The zero-order valence-corrected chi connectivity index (χ0v) is 23.2. The molecule has 0 aliphatic heterocycles. The Kier molecular flexibility index (Phi) is 6.95. The molecule has 4 atom stereocenters. The minimum atomic E-state index is -3.99. The highest BCUT2D eigenvalue weighted by molar-refractivity contribution is 7.92. The van der Waals surface area contributed by atoms with Gasteiger partial charge in [0.25, 0.3) is 5.91 Å². The van der Waals surface area contributed by atoms with E-state index in [-0.39, 0.29) is 45.2 Å². The summed E-state index contributed by atoms with van der Waals surface area (Å²) in [5, 5.41) is 21.1. The van der Waals surface area contributed by atoms with Crippen LogP contribution in [0.25, 0.3) is 5.69 Å². The van der Waals surface area contributed by atoms with Gasteiger partial charge in [-0.1, -0.05) is 11.6 Å². The van der Waals surface area contributed by atoms with E-state index in [0.717, 1.165) is 10.7 Å². The van der Waals surface area contributed by atoms with Crippen molar-refractivity contribution in [3.05, 3.63) is 89.5 Å². The molecule has 2 bridgehead atoms. The van der Waals surface area contributed by atoms with E-state index in [0.29, 0.717) is 25.7 Å². The number of nitrogens with zero attached hydrogens (tertiary/aromatic N) is 4. The molecule has 13 heteroatoms. The first kappa shape index (κ1) is 27.6. The Bertz CT molecular complexity index is 1700. The normalized spacial score (nSPS) is 24.0. The number of halogens is 3. The van der Waals surface area contributed by atoms with Crippen LogP contribution in [-0.2, 0) is 16.4 Å². The van der Waals surface area contributed by atoms with Gasteiger partial charge in [0.15, 0.2) is 21.5 Å². The second-order valence-corrected chi connectivity index (χ2v) is 13.3. The molecule has 6 rings (SSSR count). The predicted molar refractivity (Wildman–Crippen MR) is 146 cm³/mol. The molecule has 2 heterocycles. The molecule has 214 valence electrons. The lowest BCUT2D eigenvalue weighted by Gasteiger charge is -2.40. The first-order chi connectivity index (χ1) is 19.5. The average molecular weight is 602 g/mol. The molecule has 0 radical (unpaired) electrons. The first-order valence-corrected chi connectivity index (χ1v) is 15.0. The Labute approximate surface area is 239 Å². The zero-order chi connectivity index (χ0) is 28.9. The van der Waals surface area contributed by atoms with Crippen LogP contribution in [0.1, 0.15) is 36.0 Å². The van der Waals surface area contributed by atoms with Gasteiger partial charge in [-0.3, -0.25) is 9.48 Å². The third kappa shape index (κ3) is 5.15. The summed E-state index contributed by atoms with van der Waals surface area (Å²) >= 11 is 6.37. The summed E-state index contributed by atoms with van der Waals surface area (Å²) in [6.07, 6.45) is 8.14. The number of fused-ring (bicyclic) bond motifs is 2. The Hall–Kier alpha value is -3.61. The fourth-order valence-corrected chi connectivity index (χ4v) is 9.25. The molecule has 2 aliphatic carbocycles. The summed E-state index contributed by atoms with van der Waals surface area (Å²) in [5.41, 5.74) is -1.34. The smallest absolute Gasteiger partial charge is 0.255 e. The van der Waals surface area contributed by atoms with Gasteiger partial charge < -0.3 is 10.4 Å². The summed E-state index contributed by atoms with van der Waals surface area (Å²) < 4.78 is 59.4. The summed E-state index contributed by atoms with van der Waals surface area (Å²) in [6.45, 7) is 0.280. The van der Waals surface area contributed by atoms with Gasteiger partial charge in [0.1, 0.15) is 5.69 Å². The quantitative estimate of drug-likeness (QED) is 0.318. The number of rotatable bonds is 7. The second kappa shape index (κ2) is 10.3. The van der Waals surface area contributed by atoms with Crippen molar-refractivity contribution in [1.82, 2.24) is 19.6 Å². The molecular formula is C28H26ClF2N5O4S. The van der Waals surface area contributed by atoms with Crippen LogP contribution in [0.5, 0.6) is 0 Å². The van der Waals surface area contributed by atoms with Gasteiger partial charge in [-0.2, -0.15) is 10.2 Å². The van der Waals surface area contributed by atoms with Gasteiger partial charge in [-0.05, 0) is 73.9 Å². The van der Waals surface area contributed by atoms with Crippen LogP contribution < -0.4 is 5.32 Å². The maximum absolute atomic E-state index is 14.4. The first-order valence-electron chi connectivity index (χ1n) is 13.1. The van der Waals surface area contributed by atoms with Crippen LogP contribution in [0, 0.1) is 23.5 Å². The van der Waals surface area contributed by atoms with Crippen molar-refractivity contribution in [3.63, 3.8) is 0 Å². The van der Waals surface area contributed by atoms with Crippen molar-refractivity contribution in [2.24, 2.45) is 11.8 Å². The summed E-state index contributed by atoms with van der Waals surface area (Å²) in [4.78, 5) is 13.0. The largest absolute Gasteiger partial charge is 0.388 e. The van der Waals surface area contributed by atoms with Gasteiger partial charge in [0.05, 0.1) is 27.3 Å². The Balaban J connectivity index is 1.25. The summed E-state index contributed by atoms with van der Waals surface area (Å²) in [7, 11) is -3.99. The van der Waals surface area contributed by atoms with Crippen LogP contribution >= 0.6 is 11.6 Å².